The van der Waals surface area contributed by atoms with Crippen molar-refractivity contribution in [3.05, 3.63) is 89.5 Å². The molecule has 0 aliphatic rings. The lowest BCUT2D eigenvalue weighted by Gasteiger charge is -2.12. The number of nitrogens with two attached hydrogens (primary N) is 1. The molecule has 0 atom stereocenters. The Kier molecular flexibility index (Phi) is 6.55. The van der Waals surface area contributed by atoms with Crippen molar-refractivity contribution >= 4 is 17.7 Å². The first-order valence-electron chi connectivity index (χ1n) is 10.3. The SMILES string of the molecule is NC(=O)/C(=C/n1nc(-c2ccccc2C(F)(F)F)nc1-c1ccccc1C(F)(F)F)c1cccnc1F. The number of benzene rings is 2. The summed E-state index contributed by atoms with van der Waals surface area (Å²) in [6.45, 7) is 0. The number of nitrogens with zero attached hydrogens (tertiary/aromatic N) is 4. The van der Waals surface area contributed by atoms with Gasteiger partial charge in [0.15, 0.2) is 11.6 Å². The van der Waals surface area contributed by atoms with Crippen LogP contribution < -0.4 is 5.73 Å². The van der Waals surface area contributed by atoms with Crippen LogP contribution in [0.2, 0.25) is 0 Å². The van der Waals surface area contributed by atoms with E-state index in [2.05, 4.69) is 15.1 Å². The molecule has 0 aliphatic heterocycles. The predicted molar refractivity (Wildman–Crippen MR) is 118 cm³/mol. The summed E-state index contributed by atoms with van der Waals surface area (Å²) in [5.41, 5.74) is 1.04. The highest BCUT2D eigenvalue weighted by atomic mass is 19.4. The highest BCUT2D eigenvalue weighted by Crippen LogP contribution is 2.39. The molecular weight excluding hydrogens is 507 g/mol. The smallest absolute Gasteiger partial charge is 0.366 e. The summed E-state index contributed by atoms with van der Waals surface area (Å²) in [4.78, 5) is 19.5. The third-order valence-electron chi connectivity index (χ3n) is 5.14. The van der Waals surface area contributed by atoms with Crippen LogP contribution in [0.4, 0.5) is 30.7 Å². The standard InChI is InChI=1S/C24H14F7N5O/c25-19-13(8-5-11-33-19)16(20(32)37)12-36-22(15-7-2-4-10-18(15)24(29,30)31)34-21(35-36)14-6-1-3-9-17(14)23(26,27)28/h1-12H,(H2,32,37)/b16-12+. The van der Waals surface area contributed by atoms with Crippen molar-refractivity contribution in [2.24, 2.45) is 5.73 Å². The number of halogens is 7. The molecule has 2 heterocycles. The number of pyridine rings is 1. The molecule has 0 saturated carbocycles. The maximum atomic E-state index is 14.3. The van der Waals surface area contributed by atoms with E-state index in [1.54, 1.807) is 0 Å². The van der Waals surface area contributed by atoms with Crippen LogP contribution in [0.1, 0.15) is 16.7 Å². The Labute approximate surface area is 203 Å². The number of hydrogen-bond donors (Lipinski definition) is 1. The van der Waals surface area contributed by atoms with Gasteiger partial charge in [0.25, 0.3) is 5.91 Å². The van der Waals surface area contributed by atoms with Crippen LogP contribution in [0.5, 0.6) is 0 Å². The van der Waals surface area contributed by atoms with Crippen molar-refractivity contribution in [1.29, 1.82) is 0 Å². The van der Waals surface area contributed by atoms with Gasteiger partial charge in [-0.05, 0) is 24.3 Å². The van der Waals surface area contributed by atoms with E-state index in [-0.39, 0.29) is 0 Å². The molecule has 0 saturated heterocycles. The molecule has 0 bridgehead atoms. The van der Waals surface area contributed by atoms with Crippen LogP contribution in [-0.4, -0.2) is 25.7 Å². The van der Waals surface area contributed by atoms with Crippen LogP contribution >= 0.6 is 0 Å². The molecule has 13 heteroatoms. The first-order valence-corrected chi connectivity index (χ1v) is 10.3. The van der Waals surface area contributed by atoms with Crippen molar-refractivity contribution in [1.82, 2.24) is 19.7 Å². The molecule has 2 N–H and O–H groups in total. The number of rotatable bonds is 5. The molecule has 0 spiro atoms. The van der Waals surface area contributed by atoms with Gasteiger partial charge in [-0.15, -0.1) is 5.10 Å². The lowest BCUT2D eigenvalue weighted by atomic mass is 10.1. The summed E-state index contributed by atoms with van der Waals surface area (Å²) in [6, 6.07) is 10.8. The molecule has 37 heavy (non-hydrogen) atoms. The van der Waals surface area contributed by atoms with Crippen LogP contribution in [0, 0.1) is 5.95 Å². The molecule has 190 valence electrons. The Hall–Kier alpha value is -4.55. The molecule has 1 amide bonds. The van der Waals surface area contributed by atoms with Gasteiger partial charge in [-0.2, -0.15) is 30.7 Å². The van der Waals surface area contributed by atoms with E-state index in [1.165, 1.54) is 18.2 Å². The Bertz CT molecular complexity index is 1510. The van der Waals surface area contributed by atoms with E-state index in [4.69, 9.17) is 5.73 Å². The summed E-state index contributed by atoms with van der Waals surface area (Å²) in [5.74, 6) is -3.48. The molecule has 2 aromatic carbocycles. The molecule has 0 fully saturated rings. The zero-order valence-electron chi connectivity index (χ0n) is 18.3. The van der Waals surface area contributed by atoms with Gasteiger partial charge in [0.05, 0.1) is 16.7 Å². The zero-order chi connectivity index (χ0) is 27.0. The zero-order valence-corrected chi connectivity index (χ0v) is 18.3. The van der Waals surface area contributed by atoms with Crippen molar-refractivity contribution in [2.75, 3.05) is 0 Å². The van der Waals surface area contributed by atoms with Gasteiger partial charge in [-0.1, -0.05) is 36.4 Å². The van der Waals surface area contributed by atoms with Crippen LogP contribution in [-0.2, 0) is 17.1 Å². The number of amides is 1. The third-order valence-corrected chi connectivity index (χ3v) is 5.14. The number of primary amides is 1. The molecule has 0 unspecified atom stereocenters. The van der Waals surface area contributed by atoms with Crippen LogP contribution in [0.3, 0.4) is 0 Å². The van der Waals surface area contributed by atoms with Crippen molar-refractivity contribution < 1.29 is 35.5 Å². The summed E-state index contributed by atoms with van der Waals surface area (Å²) in [5, 5.41) is 3.94. The fraction of sp³-hybridized carbons (Fsp3) is 0.0833. The van der Waals surface area contributed by atoms with E-state index in [0.29, 0.717) is 4.68 Å². The Morgan fingerprint density at radius 1 is 0.838 bits per heavy atom. The molecule has 2 aromatic heterocycles. The predicted octanol–water partition coefficient (Wildman–Crippen LogP) is 5.67. The van der Waals surface area contributed by atoms with Gasteiger partial charge >= 0.3 is 12.4 Å². The largest absolute Gasteiger partial charge is 0.417 e. The minimum atomic E-state index is -4.87. The summed E-state index contributed by atoms with van der Waals surface area (Å²) in [6.07, 6.45) is -7.83. The average molecular weight is 521 g/mol. The second-order valence-electron chi connectivity index (χ2n) is 7.54. The fourth-order valence-electron chi connectivity index (χ4n) is 3.54. The molecule has 4 rings (SSSR count). The van der Waals surface area contributed by atoms with Crippen molar-refractivity contribution in [2.45, 2.75) is 12.4 Å². The molecule has 4 aromatic rings. The number of carbonyl (C=O) groups is 1. The number of hydrogen-bond acceptors (Lipinski definition) is 4. The maximum Gasteiger partial charge on any atom is 0.417 e. The second kappa shape index (κ2) is 9.48. The quantitative estimate of drug-likeness (QED) is 0.208. The molecule has 6 nitrogen and oxygen atoms in total. The third kappa shape index (κ3) is 5.20. The Morgan fingerprint density at radius 2 is 1.41 bits per heavy atom. The lowest BCUT2D eigenvalue weighted by Crippen LogP contribution is -2.15. The van der Waals surface area contributed by atoms with Crippen molar-refractivity contribution in [3.8, 4) is 22.8 Å². The normalized spacial score (nSPS) is 12.6. The molecule has 0 aliphatic carbocycles. The topological polar surface area (TPSA) is 86.7 Å². The van der Waals surface area contributed by atoms with E-state index in [9.17, 15) is 35.5 Å². The van der Waals surface area contributed by atoms with Gasteiger partial charge in [0.2, 0.25) is 5.95 Å². The van der Waals surface area contributed by atoms with Gasteiger partial charge in [0.1, 0.15) is 0 Å². The van der Waals surface area contributed by atoms with Gasteiger partial charge in [-0.3, -0.25) is 4.79 Å². The number of carbonyl (C=O) groups excluding carboxylic acids is 1. The minimum Gasteiger partial charge on any atom is -0.366 e. The van der Waals surface area contributed by atoms with Crippen LogP contribution in [0.25, 0.3) is 34.5 Å². The monoisotopic (exact) mass is 521 g/mol. The van der Waals surface area contributed by atoms with Gasteiger partial charge in [0, 0.05) is 29.1 Å². The average Bonchev–Trinajstić information content (AvgIpc) is 3.25. The molecular formula is C24H14F7N5O. The van der Waals surface area contributed by atoms with Gasteiger partial charge < -0.3 is 5.73 Å². The van der Waals surface area contributed by atoms with Crippen LogP contribution in [0.15, 0.2) is 66.9 Å². The second-order valence-corrected chi connectivity index (χ2v) is 7.54. The van der Waals surface area contributed by atoms with E-state index in [1.807, 2.05) is 0 Å². The Morgan fingerprint density at radius 3 is 1.97 bits per heavy atom. The summed E-state index contributed by atoms with van der Waals surface area (Å²) < 4.78 is 97.2. The summed E-state index contributed by atoms with van der Waals surface area (Å²) >= 11 is 0. The summed E-state index contributed by atoms with van der Waals surface area (Å²) in [7, 11) is 0. The minimum absolute atomic E-state index is 0.405. The van der Waals surface area contributed by atoms with E-state index < -0.39 is 69.2 Å². The first kappa shape index (κ1) is 25.5. The number of alkyl halides is 6. The van der Waals surface area contributed by atoms with E-state index >= 15 is 0 Å². The van der Waals surface area contributed by atoms with Gasteiger partial charge in [-0.25, -0.2) is 14.6 Å². The first-order chi connectivity index (χ1) is 17.4. The highest BCUT2D eigenvalue weighted by Gasteiger charge is 2.37. The Balaban J connectivity index is 2.04. The highest BCUT2D eigenvalue weighted by molar-refractivity contribution is 6.22. The van der Waals surface area contributed by atoms with E-state index in [0.717, 1.165) is 54.9 Å². The fourth-order valence-corrected chi connectivity index (χ4v) is 3.54. The lowest BCUT2D eigenvalue weighted by molar-refractivity contribution is -0.137. The maximum absolute atomic E-state index is 14.3. The van der Waals surface area contributed by atoms with Crippen molar-refractivity contribution in [3.63, 3.8) is 0 Å². The number of aromatic nitrogens is 4. The molecule has 0 radical (unpaired) electrons.